The van der Waals surface area contributed by atoms with Crippen LogP contribution in [0.5, 0.6) is 0 Å². The van der Waals surface area contributed by atoms with Crippen LogP contribution in [-0.2, 0) is 0 Å². The molecule has 0 amide bonds. The summed E-state index contributed by atoms with van der Waals surface area (Å²) < 4.78 is 0.999. The third-order valence-corrected chi connectivity index (χ3v) is 7.11. The Hall–Kier alpha value is -0.692. The molecule has 1 saturated heterocycles. The maximum atomic E-state index is 4.48. The van der Waals surface area contributed by atoms with Crippen LogP contribution in [0.3, 0.4) is 0 Å². The van der Waals surface area contributed by atoms with Crippen molar-refractivity contribution in [1.82, 2.24) is 4.98 Å². The van der Waals surface area contributed by atoms with Gasteiger partial charge in [0.15, 0.2) is 0 Å². The second-order valence-electron chi connectivity index (χ2n) is 5.75. The van der Waals surface area contributed by atoms with Gasteiger partial charge in [-0.3, -0.25) is 0 Å². The fourth-order valence-electron chi connectivity index (χ4n) is 3.20. The van der Waals surface area contributed by atoms with Crippen LogP contribution in [0, 0.1) is 0 Å². The first kappa shape index (κ1) is 13.3. The normalized spacial score (nSPS) is 24.7. The molecule has 3 nitrogen and oxygen atoms in total. The number of aromatic nitrogens is 1. The second kappa shape index (κ2) is 6.17. The van der Waals surface area contributed by atoms with Gasteiger partial charge in [0.1, 0.15) is 0 Å². The maximum absolute atomic E-state index is 4.48. The molecule has 2 atom stereocenters. The number of anilines is 2. The van der Waals surface area contributed by atoms with Crippen LogP contribution in [0.25, 0.3) is 0 Å². The summed E-state index contributed by atoms with van der Waals surface area (Å²) in [5.74, 6) is 1.07. The van der Waals surface area contributed by atoms with Gasteiger partial charge in [0.25, 0.3) is 0 Å². The van der Waals surface area contributed by atoms with E-state index >= 15 is 0 Å². The van der Waals surface area contributed by atoms with E-state index in [0.717, 1.165) is 10.5 Å². The molecule has 1 saturated carbocycles. The van der Waals surface area contributed by atoms with Crippen LogP contribution in [-0.4, -0.2) is 39.9 Å². The number of hydrogen-bond donors (Lipinski definition) is 1. The Kier molecular flexibility index (Phi) is 4.32. The first-order valence-corrected chi connectivity index (χ1v) is 10.8. The number of nitrogens with one attached hydrogen (secondary N) is 1. The van der Waals surface area contributed by atoms with Crippen molar-refractivity contribution in [3.05, 3.63) is 18.3 Å². The average Bonchev–Trinajstić information content (AvgIpc) is 3.09. The Morgan fingerprint density at radius 1 is 1.32 bits per heavy atom. The zero-order valence-electron chi connectivity index (χ0n) is 11.7. The van der Waals surface area contributed by atoms with Crippen molar-refractivity contribution < 1.29 is 0 Å². The van der Waals surface area contributed by atoms with Gasteiger partial charge >= 0.3 is 122 Å². The molecule has 1 aliphatic carbocycles. The van der Waals surface area contributed by atoms with Gasteiger partial charge in [-0.25, -0.2) is 0 Å². The zero-order valence-corrected chi connectivity index (χ0v) is 13.8. The Labute approximate surface area is 122 Å². The summed E-state index contributed by atoms with van der Waals surface area (Å²) in [5, 5.41) is 3.60. The van der Waals surface area contributed by atoms with Crippen molar-refractivity contribution in [2.24, 2.45) is 0 Å². The van der Waals surface area contributed by atoms with Crippen molar-refractivity contribution in [3.8, 4) is 0 Å². The van der Waals surface area contributed by atoms with E-state index in [9.17, 15) is 0 Å². The minimum atomic E-state index is 0.269. The van der Waals surface area contributed by atoms with Crippen LogP contribution < -0.4 is 10.2 Å². The van der Waals surface area contributed by atoms with Crippen LogP contribution in [0.2, 0.25) is 10.4 Å². The van der Waals surface area contributed by atoms with E-state index in [1.165, 1.54) is 50.9 Å². The average molecular weight is 321 g/mol. The molecule has 0 spiro atoms. The molecule has 19 heavy (non-hydrogen) atoms. The number of pyridine rings is 1. The summed E-state index contributed by atoms with van der Waals surface area (Å²) in [6.45, 7) is 2.50. The molecular weight excluding hydrogens is 297 g/mol. The molecule has 0 radical (unpaired) electrons. The van der Waals surface area contributed by atoms with E-state index in [4.69, 9.17) is 0 Å². The van der Waals surface area contributed by atoms with Crippen LogP contribution in [0.15, 0.2) is 18.3 Å². The summed E-state index contributed by atoms with van der Waals surface area (Å²) in [6, 6.07) is 5.06. The van der Waals surface area contributed by atoms with Crippen molar-refractivity contribution in [2.75, 3.05) is 23.3 Å². The molecule has 2 unspecified atom stereocenters. The SMILES string of the molecule is C[AsH]C1CCN(c2ccnc(NC3CCCC3)c2)C1. The summed E-state index contributed by atoms with van der Waals surface area (Å²) in [5.41, 5.74) is 3.78. The minimum absolute atomic E-state index is 0.269. The fraction of sp³-hybridized carbons (Fsp3) is 0.667. The van der Waals surface area contributed by atoms with Crippen LogP contribution in [0.4, 0.5) is 11.5 Å². The molecule has 0 aromatic carbocycles. The van der Waals surface area contributed by atoms with Gasteiger partial charge in [-0.1, -0.05) is 0 Å². The van der Waals surface area contributed by atoms with Crippen molar-refractivity contribution in [2.45, 2.75) is 48.6 Å². The number of nitrogens with zero attached hydrogens (tertiary/aromatic N) is 2. The summed E-state index contributed by atoms with van der Waals surface area (Å²) in [4.78, 5) is 7.02. The first-order chi connectivity index (χ1) is 9.35. The third kappa shape index (κ3) is 3.25. The van der Waals surface area contributed by atoms with Crippen molar-refractivity contribution in [3.63, 3.8) is 0 Å². The molecule has 1 aromatic rings. The molecule has 1 N–H and O–H groups in total. The first-order valence-electron chi connectivity index (χ1n) is 7.50. The number of rotatable bonds is 4. The van der Waals surface area contributed by atoms with Gasteiger partial charge in [0, 0.05) is 0 Å². The van der Waals surface area contributed by atoms with E-state index in [-0.39, 0.29) is 15.8 Å². The molecule has 2 fully saturated rings. The summed E-state index contributed by atoms with van der Waals surface area (Å²) >= 11 is 0.269. The fourth-order valence-corrected chi connectivity index (χ4v) is 4.93. The molecule has 1 aliphatic heterocycles. The second-order valence-corrected chi connectivity index (χ2v) is 8.67. The van der Waals surface area contributed by atoms with Crippen molar-refractivity contribution >= 4 is 27.3 Å². The zero-order chi connectivity index (χ0) is 13.1. The molecule has 104 valence electrons. The van der Waals surface area contributed by atoms with E-state index in [1.807, 2.05) is 6.20 Å². The molecule has 1 aromatic heterocycles. The topological polar surface area (TPSA) is 28.2 Å². The number of hydrogen-bond acceptors (Lipinski definition) is 3. The Balaban J connectivity index is 1.65. The molecule has 3 rings (SSSR count). The predicted octanol–water partition coefficient (Wildman–Crippen LogP) is 2.92. The Morgan fingerprint density at radius 2 is 2.16 bits per heavy atom. The van der Waals surface area contributed by atoms with Crippen LogP contribution in [0.1, 0.15) is 32.1 Å². The van der Waals surface area contributed by atoms with Gasteiger partial charge in [-0.05, 0) is 0 Å². The van der Waals surface area contributed by atoms with E-state index < -0.39 is 0 Å². The molecule has 0 bridgehead atoms. The Morgan fingerprint density at radius 3 is 2.89 bits per heavy atom. The standard InChI is InChI=1S/C15H24AsN3/c1-16-12-7-9-19(11-12)14-6-8-17-15(10-14)18-13-4-2-3-5-13/h6,8,10,12-13,16H,2-5,7,9,11H2,1H3,(H,17,18). The molecule has 2 heterocycles. The van der Waals surface area contributed by atoms with Gasteiger partial charge in [-0.15, -0.1) is 0 Å². The molecular formula is C15H24AsN3. The van der Waals surface area contributed by atoms with Crippen molar-refractivity contribution in [1.29, 1.82) is 0 Å². The summed E-state index contributed by atoms with van der Waals surface area (Å²) in [6.07, 6.45) is 8.70. The summed E-state index contributed by atoms with van der Waals surface area (Å²) in [7, 11) is 0. The van der Waals surface area contributed by atoms with Gasteiger partial charge in [0.05, 0.1) is 0 Å². The monoisotopic (exact) mass is 321 g/mol. The predicted molar refractivity (Wildman–Crippen MR) is 83.7 cm³/mol. The molecule has 2 aliphatic rings. The van der Waals surface area contributed by atoms with E-state index in [0.29, 0.717) is 6.04 Å². The van der Waals surface area contributed by atoms with Gasteiger partial charge in [-0.2, -0.15) is 0 Å². The van der Waals surface area contributed by atoms with E-state index in [2.05, 4.69) is 33.0 Å². The third-order valence-electron chi connectivity index (χ3n) is 4.41. The van der Waals surface area contributed by atoms with E-state index in [1.54, 1.807) is 0 Å². The Bertz CT molecular complexity index is 418. The quantitative estimate of drug-likeness (QED) is 0.864. The van der Waals surface area contributed by atoms with Crippen LogP contribution >= 0.6 is 0 Å². The van der Waals surface area contributed by atoms with Gasteiger partial charge < -0.3 is 0 Å². The van der Waals surface area contributed by atoms with Gasteiger partial charge in [0.2, 0.25) is 0 Å². The molecule has 4 heteroatoms.